The molecule has 3 aromatic rings. The van der Waals surface area contributed by atoms with E-state index in [1.54, 1.807) is 12.3 Å². The van der Waals surface area contributed by atoms with Gasteiger partial charge in [-0.1, -0.05) is 80.7 Å². The van der Waals surface area contributed by atoms with E-state index >= 15 is 0 Å². The third-order valence-electron chi connectivity index (χ3n) is 5.47. The number of hydrogen-bond acceptors (Lipinski definition) is 4. The molecule has 6 nitrogen and oxygen atoms in total. The average molecular weight is 514 g/mol. The lowest BCUT2D eigenvalue weighted by molar-refractivity contribution is -0.123. The zero-order chi connectivity index (χ0) is 25.4. The highest BCUT2D eigenvalue weighted by atomic mass is 35.5. The van der Waals surface area contributed by atoms with Gasteiger partial charge in [0.1, 0.15) is 11.8 Å². The van der Waals surface area contributed by atoms with Gasteiger partial charge in [-0.25, -0.2) is 5.43 Å². The van der Waals surface area contributed by atoms with Gasteiger partial charge in [0.25, 0.3) is 11.8 Å². The number of ether oxygens (including phenoxy) is 1. The Kier molecular flexibility index (Phi) is 9.52. The summed E-state index contributed by atoms with van der Waals surface area (Å²) in [5.41, 5.74) is 3.65. The molecule has 2 N–H and O–H groups in total. The van der Waals surface area contributed by atoms with Gasteiger partial charge in [0.05, 0.1) is 22.9 Å². The quantitative estimate of drug-likeness (QED) is 0.191. The van der Waals surface area contributed by atoms with Gasteiger partial charge in [-0.15, -0.1) is 0 Å². The first-order valence-corrected chi connectivity index (χ1v) is 12.3. The molecule has 0 saturated carbocycles. The monoisotopic (exact) mass is 513 g/mol. The molecule has 0 spiro atoms. The summed E-state index contributed by atoms with van der Waals surface area (Å²) < 4.78 is 5.97. The van der Waals surface area contributed by atoms with Crippen molar-refractivity contribution in [2.75, 3.05) is 6.61 Å². The molecule has 0 aromatic heterocycles. The third-order valence-corrected chi connectivity index (χ3v) is 6.21. The summed E-state index contributed by atoms with van der Waals surface area (Å²) in [5.74, 6) is -0.341. The number of amides is 2. The molecule has 0 aliphatic carbocycles. The van der Waals surface area contributed by atoms with Crippen LogP contribution in [0, 0.1) is 5.92 Å². The minimum Gasteiger partial charge on any atom is -0.493 e. The predicted molar refractivity (Wildman–Crippen MR) is 143 cm³/mol. The molecule has 0 bridgehead atoms. The van der Waals surface area contributed by atoms with Crippen LogP contribution >= 0.6 is 23.2 Å². The summed E-state index contributed by atoms with van der Waals surface area (Å²) in [6.07, 6.45) is 3.55. The zero-order valence-corrected chi connectivity index (χ0v) is 21.5. The molecule has 3 aromatic carbocycles. The van der Waals surface area contributed by atoms with Crippen LogP contribution in [0.1, 0.15) is 49.5 Å². The molecular formula is C27H29Cl2N3O3. The molecule has 0 saturated heterocycles. The number of nitrogens with one attached hydrogen (secondary N) is 2. The molecule has 1 atom stereocenters. The van der Waals surface area contributed by atoms with E-state index in [4.69, 9.17) is 27.9 Å². The smallest absolute Gasteiger partial charge is 0.262 e. The predicted octanol–water partition coefficient (Wildman–Crippen LogP) is 6.23. The highest BCUT2D eigenvalue weighted by Crippen LogP contribution is 2.27. The highest BCUT2D eigenvalue weighted by Gasteiger charge is 2.25. The Balaban J connectivity index is 1.76. The third kappa shape index (κ3) is 6.96. The Morgan fingerprint density at radius 2 is 1.83 bits per heavy atom. The van der Waals surface area contributed by atoms with Crippen molar-refractivity contribution >= 4 is 52.0 Å². The van der Waals surface area contributed by atoms with Gasteiger partial charge in [0, 0.05) is 11.1 Å². The molecule has 0 fully saturated rings. The van der Waals surface area contributed by atoms with Crippen molar-refractivity contribution in [2.24, 2.45) is 11.0 Å². The van der Waals surface area contributed by atoms with E-state index in [9.17, 15) is 9.59 Å². The molecule has 3 rings (SSSR count). The number of hydrogen-bond donors (Lipinski definition) is 2. The number of unbranched alkanes of at least 4 members (excludes halogenated alkanes) is 1. The Labute approximate surface area is 215 Å². The summed E-state index contributed by atoms with van der Waals surface area (Å²) in [6, 6.07) is 15.6. The number of hydrazone groups is 1. The van der Waals surface area contributed by atoms with E-state index in [0.717, 1.165) is 29.2 Å². The van der Waals surface area contributed by atoms with Crippen LogP contribution in [0.15, 0.2) is 59.7 Å². The first kappa shape index (κ1) is 26.5. The van der Waals surface area contributed by atoms with E-state index < -0.39 is 17.9 Å². The lowest BCUT2D eigenvalue weighted by Crippen LogP contribution is -2.48. The highest BCUT2D eigenvalue weighted by molar-refractivity contribution is 6.42. The van der Waals surface area contributed by atoms with Crippen LogP contribution in [0.25, 0.3) is 10.8 Å². The standard InChI is InChI=1S/C27H29Cl2N3O3/c1-4-5-14-35-24-13-11-18-8-6-7-9-20(18)21(24)16-30-32-27(34)25(17(2)3)31-26(33)19-10-12-22(28)23(29)15-19/h6-13,15-17,25H,4-5,14H2,1-3H3,(H,31,33)(H,32,34). The second-order valence-electron chi connectivity index (χ2n) is 8.46. The number of fused-ring (bicyclic) bond motifs is 1. The number of halogens is 2. The van der Waals surface area contributed by atoms with E-state index in [2.05, 4.69) is 22.8 Å². The summed E-state index contributed by atoms with van der Waals surface area (Å²) in [7, 11) is 0. The first-order chi connectivity index (χ1) is 16.8. The number of carbonyl (C=O) groups excluding carboxylic acids is 2. The molecule has 0 heterocycles. The van der Waals surface area contributed by atoms with Crippen molar-refractivity contribution < 1.29 is 14.3 Å². The van der Waals surface area contributed by atoms with Gasteiger partial charge in [-0.05, 0) is 47.4 Å². The SMILES string of the molecule is CCCCOc1ccc2ccccc2c1C=NNC(=O)C(NC(=O)c1ccc(Cl)c(Cl)c1)C(C)C. The summed E-state index contributed by atoms with van der Waals surface area (Å²) >= 11 is 11.9. The van der Waals surface area contributed by atoms with Crippen molar-refractivity contribution in [3.63, 3.8) is 0 Å². The number of benzene rings is 3. The molecule has 0 aliphatic heterocycles. The van der Waals surface area contributed by atoms with Gasteiger partial charge in [-0.3, -0.25) is 9.59 Å². The fourth-order valence-electron chi connectivity index (χ4n) is 3.49. The molecule has 2 amide bonds. The minimum absolute atomic E-state index is 0.178. The van der Waals surface area contributed by atoms with Crippen molar-refractivity contribution in [1.82, 2.24) is 10.7 Å². The zero-order valence-electron chi connectivity index (χ0n) is 20.0. The van der Waals surface area contributed by atoms with Crippen LogP contribution in [-0.4, -0.2) is 30.7 Å². The normalized spacial score (nSPS) is 12.2. The van der Waals surface area contributed by atoms with E-state index in [-0.39, 0.29) is 10.9 Å². The Hall–Kier alpha value is -3.09. The molecule has 184 valence electrons. The van der Waals surface area contributed by atoms with Crippen molar-refractivity contribution in [2.45, 2.75) is 39.7 Å². The van der Waals surface area contributed by atoms with Crippen LogP contribution in [0.5, 0.6) is 5.75 Å². The van der Waals surface area contributed by atoms with Crippen LogP contribution in [-0.2, 0) is 4.79 Å². The molecule has 35 heavy (non-hydrogen) atoms. The largest absolute Gasteiger partial charge is 0.493 e. The lowest BCUT2D eigenvalue weighted by atomic mass is 10.0. The fourth-order valence-corrected chi connectivity index (χ4v) is 3.79. The van der Waals surface area contributed by atoms with E-state index in [0.29, 0.717) is 22.9 Å². The first-order valence-electron chi connectivity index (χ1n) is 11.5. The molecule has 0 aliphatic rings. The van der Waals surface area contributed by atoms with Gasteiger partial charge >= 0.3 is 0 Å². The molecule has 1 unspecified atom stereocenters. The summed E-state index contributed by atoms with van der Waals surface area (Å²) in [4.78, 5) is 25.6. The number of carbonyl (C=O) groups is 2. The van der Waals surface area contributed by atoms with Crippen LogP contribution in [0.2, 0.25) is 10.0 Å². The second kappa shape index (κ2) is 12.6. The maximum atomic E-state index is 12.9. The Morgan fingerprint density at radius 3 is 2.54 bits per heavy atom. The molecular weight excluding hydrogens is 485 g/mol. The van der Waals surface area contributed by atoms with Crippen molar-refractivity contribution in [1.29, 1.82) is 0 Å². The lowest BCUT2D eigenvalue weighted by Gasteiger charge is -2.20. The van der Waals surface area contributed by atoms with Crippen molar-refractivity contribution in [3.05, 3.63) is 75.8 Å². The Bertz CT molecular complexity index is 1230. The van der Waals surface area contributed by atoms with Crippen molar-refractivity contribution in [3.8, 4) is 5.75 Å². The van der Waals surface area contributed by atoms with Gasteiger partial charge in [-0.2, -0.15) is 5.10 Å². The van der Waals surface area contributed by atoms with E-state index in [1.807, 2.05) is 50.2 Å². The summed E-state index contributed by atoms with van der Waals surface area (Å²) in [6.45, 7) is 6.38. The van der Waals surface area contributed by atoms with Crippen LogP contribution < -0.4 is 15.5 Å². The molecule has 0 radical (unpaired) electrons. The Morgan fingerprint density at radius 1 is 1.06 bits per heavy atom. The summed E-state index contributed by atoms with van der Waals surface area (Å²) in [5, 5.41) is 9.57. The van der Waals surface area contributed by atoms with Gasteiger partial charge in [0.2, 0.25) is 0 Å². The van der Waals surface area contributed by atoms with E-state index in [1.165, 1.54) is 12.1 Å². The minimum atomic E-state index is -0.804. The number of rotatable bonds is 10. The fraction of sp³-hybridized carbons (Fsp3) is 0.296. The van der Waals surface area contributed by atoms with Gasteiger partial charge in [0.15, 0.2) is 0 Å². The van der Waals surface area contributed by atoms with Crippen LogP contribution in [0.4, 0.5) is 0 Å². The topological polar surface area (TPSA) is 79.8 Å². The average Bonchev–Trinajstić information content (AvgIpc) is 2.84. The van der Waals surface area contributed by atoms with Crippen LogP contribution in [0.3, 0.4) is 0 Å². The van der Waals surface area contributed by atoms with Gasteiger partial charge < -0.3 is 10.1 Å². The second-order valence-corrected chi connectivity index (χ2v) is 9.27. The number of nitrogens with zero attached hydrogens (tertiary/aromatic N) is 1. The maximum absolute atomic E-state index is 12.9. The molecule has 8 heteroatoms. The maximum Gasteiger partial charge on any atom is 0.262 e.